The van der Waals surface area contributed by atoms with Gasteiger partial charge in [-0.1, -0.05) is 15.9 Å². The molecule has 1 aromatic carbocycles. The van der Waals surface area contributed by atoms with E-state index in [4.69, 9.17) is 5.26 Å². The van der Waals surface area contributed by atoms with Crippen LogP contribution in [0.1, 0.15) is 5.56 Å². The van der Waals surface area contributed by atoms with Crippen LogP contribution in [0.4, 0.5) is 0 Å². The molecule has 0 fully saturated rings. The van der Waals surface area contributed by atoms with Gasteiger partial charge >= 0.3 is 0 Å². The third kappa shape index (κ3) is 1.29. The fourth-order valence-electron chi connectivity index (χ4n) is 1.81. The van der Waals surface area contributed by atoms with Gasteiger partial charge in [0.1, 0.15) is 11.7 Å². The number of aromatic amines is 1. The number of fused-ring (bicyclic) bond motifs is 3. The van der Waals surface area contributed by atoms with Crippen molar-refractivity contribution in [3.8, 4) is 6.07 Å². The number of pyridine rings is 1. The van der Waals surface area contributed by atoms with Gasteiger partial charge in [-0.15, -0.1) is 0 Å². The smallest absolute Gasteiger partial charge is 0.138 e. The van der Waals surface area contributed by atoms with Gasteiger partial charge in [-0.2, -0.15) is 5.26 Å². The molecule has 0 atom stereocenters. The number of aromatic nitrogens is 2. The Kier molecular flexibility index (Phi) is 1.95. The number of nitriles is 1. The molecule has 0 aliphatic heterocycles. The molecule has 1 N–H and O–H groups in total. The summed E-state index contributed by atoms with van der Waals surface area (Å²) in [6.45, 7) is 0. The fraction of sp³-hybridized carbons (Fsp3) is 0. The third-order valence-corrected chi connectivity index (χ3v) is 3.03. The van der Waals surface area contributed by atoms with Crippen molar-refractivity contribution in [3.63, 3.8) is 0 Å². The van der Waals surface area contributed by atoms with Crippen molar-refractivity contribution in [2.75, 3.05) is 0 Å². The number of H-pyrrole nitrogens is 1. The SMILES string of the molecule is N#Cc1cnc2[nH]c3ccc(Br)cc3c2c1. The molecule has 4 heteroatoms. The molecule has 76 valence electrons. The molecule has 0 saturated carbocycles. The van der Waals surface area contributed by atoms with Crippen LogP contribution in [0.2, 0.25) is 0 Å². The van der Waals surface area contributed by atoms with Crippen LogP contribution < -0.4 is 0 Å². The highest BCUT2D eigenvalue weighted by molar-refractivity contribution is 9.10. The lowest BCUT2D eigenvalue weighted by atomic mass is 10.1. The van der Waals surface area contributed by atoms with Crippen LogP contribution in [-0.2, 0) is 0 Å². The van der Waals surface area contributed by atoms with E-state index < -0.39 is 0 Å². The first-order chi connectivity index (χ1) is 7.78. The van der Waals surface area contributed by atoms with Gasteiger partial charge in [-0.3, -0.25) is 0 Å². The fourth-order valence-corrected chi connectivity index (χ4v) is 2.17. The van der Waals surface area contributed by atoms with Gasteiger partial charge in [-0.05, 0) is 24.3 Å². The molecule has 3 rings (SSSR count). The second-order valence-corrected chi connectivity index (χ2v) is 4.46. The van der Waals surface area contributed by atoms with Crippen LogP contribution in [-0.4, -0.2) is 9.97 Å². The van der Waals surface area contributed by atoms with Crippen LogP contribution in [0.3, 0.4) is 0 Å². The Morgan fingerprint density at radius 2 is 2.12 bits per heavy atom. The first kappa shape index (κ1) is 9.37. The van der Waals surface area contributed by atoms with Gasteiger partial charge in [0.15, 0.2) is 0 Å². The molecule has 0 aliphatic carbocycles. The summed E-state index contributed by atoms with van der Waals surface area (Å²) in [6, 6.07) is 9.95. The molecular formula is C12H6BrN3. The number of hydrogen-bond donors (Lipinski definition) is 1. The summed E-state index contributed by atoms with van der Waals surface area (Å²) in [6.07, 6.45) is 1.58. The molecule has 0 amide bonds. The van der Waals surface area contributed by atoms with E-state index in [1.54, 1.807) is 6.20 Å². The second-order valence-electron chi connectivity index (χ2n) is 3.55. The lowest BCUT2D eigenvalue weighted by Crippen LogP contribution is -1.78. The van der Waals surface area contributed by atoms with E-state index in [0.29, 0.717) is 5.56 Å². The van der Waals surface area contributed by atoms with E-state index in [2.05, 4.69) is 32.0 Å². The van der Waals surface area contributed by atoms with Gasteiger partial charge in [0.05, 0.1) is 5.56 Å². The highest BCUT2D eigenvalue weighted by Crippen LogP contribution is 2.27. The molecule has 2 heterocycles. The largest absolute Gasteiger partial charge is 0.339 e. The molecule has 0 spiro atoms. The zero-order valence-corrected chi connectivity index (χ0v) is 9.75. The topological polar surface area (TPSA) is 52.5 Å². The molecule has 0 bridgehead atoms. The van der Waals surface area contributed by atoms with Crippen molar-refractivity contribution in [2.45, 2.75) is 0 Å². The van der Waals surface area contributed by atoms with Crippen LogP contribution >= 0.6 is 15.9 Å². The number of nitrogens with zero attached hydrogens (tertiary/aromatic N) is 2. The molecule has 0 unspecified atom stereocenters. The molecule has 3 nitrogen and oxygen atoms in total. The number of hydrogen-bond acceptors (Lipinski definition) is 2. The van der Waals surface area contributed by atoms with Gasteiger partial charge < -0.3 is 4.98 Å². The summed E-state index contributed by atoms with van der Waals surface area (Å²) in [5.41, 5.74) is 2.42. The van der Waals surface area contributed by atoms with Gasteiger partial charge in [0, 0.05) is 27.0 Å². The Labute approximate surface area is 99.8 Å². The van der Waals surface area contributed by atoms with Gasteiger partial charge in [-0.25, -0.2) is 4.98 Å². The molecule has 0 aliphatic rings. The summed E-state index contributed by atoms with van der Waals surface area (Å²) in [7, 11) is 0. The standard InChI is InChI=1S/C12H6BrN3/c13-8-1-2-11-9(4-8)10-3-7(5-14)6-15-12(10)16-11/h1-4,6H,(H,15,16). The highest BCUT2D eigenvalue weighted by atomic mass is 79.9. The molecule has 0 radical (unpaired) electrons. The number of benzene rings is 1. The predicted octanol–water partition coefficient (Wildman–Crippen LogP) is 3.35. The first-order valence-corrected chi connectivity index (χ1v) is 5.54. The highest BCUT2D eigenvalue weighted by Gasteiger charge is 2.06. The average molecular weight is 272 g/mol. The second kappa shape index (κ2) is 3.32. The normalized spacial score (nSPS) is 10.8. The summed E-state index contributed by atoms with van der Waals surface area (Å²) < 4.78 is 1.02. The lowest BCUT2D eigenvalue weighted by Gasteiger charge is -1.92. The number of rotatable bonds is 0. The average Bonchev–Trinajstić information content (AvgIpc) is 2.66. The summed E-state index contributed by atoms with van der Waals surface area (Å²) >= 11 is 3.44. The maximum absolute atomic E-state index is 8.85. The first-order valence-electron chi connectivity index (χ1n) is 4.75. The Bertz CT molecular complexity index is 737. The molecule has 3 aromatic rings. The maximum Gasteiger partial charge on any atom is 0.138 e. The quantitative estimate of drug-likeness (QED) is 0.682. The van der Waals surface area contributed by atoms with E-state index in [9.17, 15) is 0 Å². The van der Waals surface area contributed by atoms with Crippen LogP contribution in [0, 0.1) is 11.3 Å². The van der Waals surface area contributed by atoms with Crippen LogP contribution in [0.5, 0.6) is 0 Å². The third-order valence-electron chi connectivity index (χ3n) is 2.54. The molecule has 16 heavy (non-hydrogen) atoms. The van der Waals surface area contributed by atoms with Crippen molar-refractivity contribution in [1.82, 2.24) is 9.97 Å². The van der Waals surface area contributed by atoms with Crippen molar-refractivity contribution < 1.29 is 0 Å². The zero-order chi connectivity index (χ0) is 11.1. The van der Waals surface area contributed by atoms with E-state index in [-0.39, 0.29) is 0 Å². The van der Waals surface area contributed by atoms with E-state index >= 15 is 0 Å². The molecular weight excluding hydrogens is 266 g/mol. The Hall–Kier alpha value is -1.86. The molecule has 2 aromatic heterocycles. The summed E-state index contributed by atoms with van der Waals surface area (Å²) in [5, 5.41) is 10.9. The van der Waals surface area contributed by atoms with Crippen molar-refractivity contribution in [1.29, 1.82) is 5.26 Å². The monoisotopic (exact) mass is 271 g/mol. The lowest BCUT2D eigenvalue weighted by molar-refractivity contribution is 1.33. The van der Waals surface area contributed by atoms with Crippen LogP contribution in [0.25, 0.3) is 21.9 Å². The van der Waals surface area contributed by atoms with Gasteiger partial charge in [0.2, 0.25) is 0 Å². The summed E-state index contributed by atoms with van der Waals surface area (Å²) in [4.78, 5) is 7.44. The number of halogens is 1. The van der Waals surface area contributed by atoms with E-state index in [1.807, 2.05) is 24.3 Å². The van der Waals surface area contributed by atoms with Crippen molar-refractivity contribution in [2.24, 2.45) is 0 Å². The predicted molar refractivity (Wildman–Crippen MR) is 66.0 cm³/mol. The summed E-state index contributed by atoms with van der Waals surface area (Å²) in [5.74, 6) is 0. The Morgan fingerprint density at radius 3 is 2.94 bits per heavy atom. The molecule has 0 saturated heterocycles. The zero-order valence-electron chi connectivity index (χ0n) is 8.16. The minimum Gasteiger partial charge on any atom is -0.339 e. The Morgan fingerprint density at radius 1 is 1.25 bits per heavy atom. The van der Waals surface area contributed by atoms with E-state index in [1.165, 1.54) is 0 Å². The van der Waals surface area contributed by atoms with E-state index in [0.717, 1.165) is 26.4 Å². The number of nitrogens with one attached hydrogen (secondary N) is 1. The Balaban J connectivity index is 2.50. The minimum absolute atomic E-state index is 0.577. The van der Waals surface area contributed by atoms with Crippen molar-refractivity contribution >= 4 is 37.9 Å². The van der Waals surface area contributed by atoms with Crippen LogP contribution in [0.15, 0.2) is 34.9 Å². The maximum atomic E-state index is 8.85. The minimum atomic E-state index is 0.577. The van der Waals surface area contributed by atoms with Crippen molar-refractivity contribution in [3.05, 3.63) is 40.5 Å². The van der Waals surface area contributed by atoms with Gasteiger partial charge in [0.25, 0.3) is 0 Å².